The van der Waals surface area contributed by atoms with Crippen LogP contribution in [-0.2, 0) is 39.6 Å². The maximum atomic E-state index is 12.7. The average molecular weight is 300 g/mol. The first-order chi connectivity index (χ1) is 10.2. The first-order valence-electron chi connectivity index (χ1n) is 6.87. The van der Waals surface area contributed by atoms with Crippen LogP contribution >= 0.6 is 0 Å². The second kappa shape index (κ2) is 5.82. The first-order valence-corrected chi connectivity index (χ1v) is 8.02. The minimum Gasteiger partial charge on any atom is -0.469 e. The van der Waals surface area contributed by atoms with Crippen LogP contribution in [0.5, 0.6) is 0 Å². The molecule has 3 nitrogen and oxygen atoms in total. The smallest absolute Gasteiger partial charge is 0.309 e. The number of carbonyl (C=O) groups is 1. The molecule has 0 aromatic heterocycles. The Labute approximate surface area is 126 Å². The summed E-state index contributed by atoms with van der Waals surface area (Å²) in [6, 6.07) is 13.6. The predicted molar refractivity (Wildman–Crippen MR) is 80.7 cm³/mol. The number of esters is 1. The van der Waals surface area contributed by atoms with Crippen molar-refractivity contribution in [1.82, 2.24) is 0 Å². The highest BCUT2D eigenvalue weighted by molar-refractivity contribution is 7.85. The van der Waals surface area contributed by atoms with Gasteiger partial charge in [0.25, 0.3) is 0 Å². The molecule has 1 atom stereocenters. The summed E-state index contributed by atoms with van der Waals surface area (Å²) in [7, 11) is 0.240. The Morgan fingerprint density at radius 3 is 2.62 bits per heavy atom. The van der Waals surface area contributed by atoms with Crippen LogP contribution in [0.2, 0.25) is 0 Å². The van der Waals surface area contributed by atoms with Gasteiger partial charge < -0.3 is 4.74 Å². The fourth-order valence-corrected chi connectivity index (χ4v) is 4.07. The van der Waals surface area contributed by atoms with Gasteiger partial charge in [-0.1, -0.05) is 30.3 Å². The van der Waals surface area contributed by atoms with E-state index in [-0.39, 0.29) is 12.4 Å². The van der Waals surface area contributed by atoms with Crippen LogP contribution < -0.4 is 0 Å². The topological polar surface area (TPSA) is 43.4 Å². The molecule has 1 aliphatic heterocycles. The highest BCUT2D eigenvalue weighted by atomic mass is 32.2. The first kappa shape index (κ1) is 14.0. The average Bonchev–Trinajstić information content (AvgIpc) is 2.65. The van der Waals surface area contributed by atoms with Crippen molar-refractivity contribution in [3.63, 3.8) is 0 Å². The summed E-state index contributed by atoms with van der Waals surface area (Å²) in [5, 5.41) is 0. The Kier molecular flexibility index (Phi) is 3.88. The summed E-state index contributed by atoms with van der Waals surface area (Å²) in [4.78, 5) is 13.1. The predicted octanol–water partition coefficient (Wildman–Crippen LogP) is 2.67. The van der Waals surface area contributed by atoms with Crippen molar-refractivity contribution in [2.24, 2.45) is 0 Å². The van der Waals surface area contributed by atoms with Gasteiger partial charge in [0.15, 0.2) is 0 Å². The van der Waals surface area contributed by atoms with E-state index in [0.717, 1.165) is 39.3 Å². The highest BCUT2D eigenvalue weighted by Gasteiger charge is 2.20. The molecular formula is C17H16O3S. The molecule has 0 fully saturated rings. The van der Waals surface area contributed by atoms with Crippen LogP contribution in [0.4, 0.5) is 0 Å². The van der Waals surface area contributed by atoms with Crippen LogP contribution in [0.3, 0.4) is 0 Å². The van der Waals surface area contributed by atoms with Crippen LogP contribution in [0.25, 0.3) is 0 Å². The fourth-order valence-electron chi connectivity index (χ4n) is 2.64. The summed E-state index contributed by atoms with van der Waals surface area (Å²) in [5.41, 5.74) is 3.11. The summed E-state index contributed by atoms with van der Waals surface area (Å²) in [5.74, 6) is -0.256. The molecule has 108 valence electrons. The van der Waals surface area contributed by atoms with Crippen molar-refractivity contribution in [2.75, 3.05) is 7.11 Å². The number of hydrogen-bond acceptors (Lipinski definition) is 3. The van der Waals surface area contributed by atoms with Gasteiger partial charge in [-0.3, -0.25) is 4.79 Å². The number of rotatable bonds is 2. The molecule has 0 saturated heterocycles. The zero-order chi connectivity index (χ0) is 14.8. The summed E-state index contributed by atoms with van der Waals surface area (Å²) >= 11 is 0. The SMILES string of the molecule is COC(=O)Cc1ccc2c(c1)CCc1ccccc1[S@@]2=O. The Morgan fingerprint density at radius 1 is 1.10 bits per heavy atom. The molecule has 0 saturated carbocycles. The highest BCUT2D eigenvalue weighted by Crippen LogP contribution is 2.29. The number of benzene rings is 2. The van der Waals surface area contributed by atoms with Crippen molar-refractivity contribution < 1.29 is 13.7 Å². The monoisotopic (exact) mass is 300 g/mol. The standard InChI is InChI=1S/C17H16O3S/c1-20-17(18)11-12-6-9-16-14(10-12)8-7-13-4-2-3-5-15(13)21(16)19/h2-6,9-10H,7-8,11H2,1H3/t21-/m0/s1. The quantitative estimate of drug-likeness (QED) is 0.801. The molecule has 0 amide bonds. The van der Waals surface area contributed by atoms with E-state index in [9.17, 15) is 9.00 Å². The molecule has 21 heavy (non-hydrogen) atoms. The second-order valence-corrected chi connectivity index (χ2v) is 6.49. The summed E-state index contributed by atoms with van der Waals surface area (Å²) < 4.78 is 17.4. The van der Waals surface area contributed by atoms with Gasteiger partial charge in [0.1, 0.15) is 0 Å². The largest absolute Gasteiger partial charge is 0.469 e. The Bertz CT molecular complexity index is 722. The lowest BCUT2D eigenvalue weighted by Gasteiger charge is -2.08. The molecule has 0 radical (unpaired) electrons. The molecule has 0 bridgehead atoms. The van der Waals surface area contributed by atoms with E-state index in [1.807, 2.05) is 42.5 Å². The van der Waals surface area contributed by atoms with E-state index >= 15 is 0 Å². The lowest BCUT2D eigenvalue weighted by Crippen LogP contribution is -2.05. The normalized spacial score (nSPS) is 16.5. The molecule has 3 rings (SSSR count). The van der Waals surface area contributed by atoms with Crippen LogP contribution in [0, 0.1) is 0 Å². The van der Waals surface area contributed by atoms with E-state index in [4.69, 9.17) is 4.74 Å². The van der Waals surface area contributed by atoms with Crippen molar-refractivity contribution in [3.8, 4) is 0 Å². The Morgan fingerprint density at radius 2 is 1.81 bits per heavy atom. The third-order valence-electron chi connectivity index (χ3n) is 3.74. The molecule has 1 heterocycles. The van der Waals surface area contributed by atoms with Gasteiger partial charge >= 0.3 is 5.97 Å². The summed E-state index contributed by atoms with van der Waals surface area (Å²) in [6.45, 7) is 0. The summed E-state index contributed by atoms with van der Waals surface area (Å²) in [6.07, 6.45) is 1.97. The lowest BCUT2D eigenvalue weighted by molar-refractivity contribution is -0.139. The molecule has 0 aliphatic carbocycles. The molecule has 0 unspecified atom stereocenters. The number of methoxy groups -OCH3 is 1. The molecule has 2 aromatic carbocycles. The van der Waals surface area contributed by atoms with E-state index in [2.05, 4.69) is 0 Å². The molecule has 1 aliphatic rings. The van der Waals surface area contributed by atoms with E-state index in [1.165, 1.54) is 7.11 Å². The number of aryl methyl sites for hydroxylation is 2. The zero-order valence-electron chi connectivity index (χ0n) is 11.8. The zero-order valence-corrected chi connectivity index (χ0v) is 12.6. The van der Waals surface area contributed by atoms with Crippen molar-refractivity contribution >= 4 is 16.8 Å². The van der Waals surface area contributed by atoms with Crippen molar-refractivity contribution in [3.05, 3.63) is 59.2 Å². The number of ether oxygens (including phenoxy) is 1. The molecule has 0 N–H and O–H groups in total. The van der Waals surface area contributed by atoms with Gasteiger partial charge in [-0.15, -0.1) is 0 Å². The molecule has 2 aromatic rings. The molecule has 0 spiro atoms. The van der Waals surface area contributed by atoms with Crippen molar-refractivity contribution in [2.45, 2.75) is 29.1 Å². The maximum Gasteiger partial charge on any atom is 0.309 e. The van der Waals surface area contributed by atoms with E-state index in [1.54, 1.807) is 0 Å². The van der Waals surface area contributed by atoms with Gasteiger partial charge in [0, 0.05) is 9.79 Å². The number of hydrogen-bond donors (Lipinski definition) is 0. The van der Waals surface area contributed by atoms with Crippen LogP contribution in [-0.4, -0.2) is 17.3 Å². The fraction of sp³-hybridized carbons (Fsp3) is 0.235. The van der Waals surface area contributed by atoms with Gasteiger partial charge in [-0.2, -0.15) is 0 Å². The second-order valence-electron chi connectivity index (χ2n) is 5.07. The minimum absolute atomic E-state index is 0.253. The maximum absolute atomic E-state index is 12.7. The Hall–Kier alpha value is -1.94. The minimum atomic E-state index is -1.15. The lowest BCUT2D eigenvalue weighted by atomic mass is 10.0. The van der Waals surface area contributed by atoms with Crippen LogP contribution in [0.15, 0.2) is 52.3 Å². The molecule has 4 heteroatoms. The molecular weight excluding hydrogens is 284 g/mol. The van der Waals surface area contributed by atoms with Crippen molar-refractivity contribution in [1.29, 1.82) is 0 Å². The van der Waals surface area contributed by atoms with Gasteiger partial charge in [0.2, 0.25) is 0 Å². The van der Waals surface area contributed by atoms with Gasteiger partial charge in [0.05, 0.1) is 24.3 Å². The number of carbonyl (C=O) groups excluding carboxylic acids is 1. The van der Waals surface area contributed by atoms with Gasteiger partial charge in [-0.05, 0) is 41.7 Å². The third-order valence-corrected chi connectivity index (χ3v) is 5.33. The van der Waals surface area contributed by atoms with E-state index < -0.39 is 10.8 Å². The van der Waals surface area contributed by atoms with Crippen LogP contribution in [0.1, 0.15) is 16.7 Å². The van der Waals surface area contributed by atoms with Gasteiger partial charge in [-0.25, -0.2) is 4.21 Å². The number of fused-ring (bicyclic) bond motifs is 2. The third kappa shape index (κ3) is 2.76. The Balaban J connectivity index is 1.99. The van der Waals surface area contributed by atoms with E-state index in [0.29, 0.717) is 0 Å².